The fourth-order valence-electron chi connectivity index (χ4n) is 4.31. The minimum Gasteiger partial charge on any atom is -0.478 e. The van der Waals surface area contributed by atoms with Crippen LogP contribution in [0.4, 0.5) is 0 Å². The molecule has 0 spiro atoms. The Labute approximate surface area is 183 Å². The number of aromatic carboxylic acids is 1. The summed E-state index contributed by atoms with van der Waals surface area (Å²) in [5.41, 5.74) is 2.79. The first-order chi connectivity index (χ1) is 15.1. The number of nitrogens with one attached hydrogen (secondary N) is 1. The molecule has 0 bridgehead atoms. The highest BCUT2D eigenvalue weighted by atomic mass is 16.5. The number of benzene rings is 3. The number of carboxylic acid groups (broad SMARTS) is 1. The third-order valence-electron chi connectivity index (χ3n) is 6.04. The molecule has 1 saturated heterocycles. The van der Waals surface area contributed by atoms with Gasteiger partial charge in [0.15, 0.2) is 0 Å². The van der Waals surface area contributed by atoms with Crippen LogP contribution in [0.1, 0.15) is 40.9 Å². The van der Waals surface area contributed by atoms with Gasteiger partial charge in [-0.1, -0.05) is 54.6 Å². The molecule has 5 heteroatoms. The van der Waals surface area contributed by atoms with Gasteiger partial charge in [-0.05, 0) is 53.9 Å². The van der Waals surface area contributed by atoms with Crippen LogP contribution in [0.3, 0.4) is 0 Å². The van der Waals surface area contributed by atoms with E-state index in [4.69, 9.17) is 9.84 Å². The number of nitrogens with zero attached hydrogens (tertiary/aromatic N) is 1. The lowest BCUT2D eigenvalue weighted by molar-refractivity contribution is -0.0346. The van der Waals surface area contributed by atoms with Crippen molar-refractivity contribution in [3.63, 3.8) is 0 Å². The summed E-state index contributed by atoms with van der Waals surface area (Å²) < 4.78 is 5.99. The van der Waals surface area contributed by atoms with Crippen molar-refractivity contribution in [2.45, 2.75) is 32.0 Å². The van der Waals surface area contributed by atoms with Crippen LogP contribution in [0.25, 0.3) is 10.8 Å². The molecule has 1 aliphatic rings. The molecule has 1 fully saturated rings. The minimum absolute atomic E-state index is 0.208. The molecular weight excluding hydrogens is 388 g/mol. The van der Waals surface area contributed by atoms with E-state index in [1.807, 2.05) is 12.1 Å². The highest BCUT2D eigenvalue weighted by Crippen LogP contribution is 2.24. The number of hydrogen-bond donors (Lipinski definition) is 2. The van der Waals surface area contributed by atoms with Crippen molar-refractivity contribution in [3.05, 3.63) is 83.4 Å². The first-order valence-electron chi connectivity index (χ1n) is 11.0. The highest BCUT2D eigenvalue weighted by molar-refractivity contribution is 5.87. The van der Waals surface area contributed by atoms with Gasteiger partial charge in [0, 0.05) is 25.7 Å². The molecule has 5 nitrogen and oxygen atoms in total. The first kappa shape index (κ1) is 21.5. The lowest BCUT2D eigenvalue weighted by Gasteiger charge is -2.33. The first-order valence-corrected chi connectivity index (χ1v) is 11.0. The second-order valence-electron chi connectivity index (χ2n) is 8.26. The van der Waals surface area contributed by atoms with E-state index in [-0.39, 0.29) is 12.1 Å². The average Bonchev–Trinajstić information content (AvgIpc) is 2.79. The third-order valence-corrected chi connectivity index (χ3v) is 6.04. The zero-order valence-corrected chi connectivity index (χ0v) is 18.0. The van der Waals surface area contributed by atoms with Crippen molar-refractivity contribution in [1.29, 1.82) is 0 Å². The zero-order valence-electron chi connectivity index (χ0n) is 18.0. The minimum atomic E-state index is -0.886. The number of carbonyl (C=O) groups is 1. The fourth-order valence-corrected chi connectivity index (χ4v) is 4.31. The van der Waals surface area contributed by atoms with Crippen LogP contribution in [0.5, 0.6) is 0 Å². The van der Waals surface area contributed by atoms with E-state index in [1.165, 1.54) is 16.3 Å². The Morgan fingerprint density at radius 3 is 2.71 bits per heavy atom. The third kappa shape index (κ3) is 5.50. The largest absolute Gasteiger partial charge is 0.478 e. The summed E-state index contributed by atoms with van der Waals surface area (Å²) in [6.45, 7) is 6.46. The van der Waals surface area contributed by atoms with Crippen molar-refractivity contribution in [2.24, 2.45) is 0 Å². The van der Waals surface area contributed by atoms with Gasteiger partial charge in [0.1, 0.15) is 0 Å². The molecule has 2 atom stereocenters. The molecule has 1 aliphatic heterocycles. The van der Waals surface area contributed by atoms with Gasteiger partial charge in [-0.3, -0.25) is 4.90 Å². The van der Waals surface area contributed by atoms with Gasteiger partial charge < -0.3 is 15.2 Å². The molecule has 0 aromatic heterocycles. The molecule has 0 aliphatic carbocycles. The van der Waals surface area contributed by atoms with Crippen molar-refractivity contribution in [2.75, 3.05) is 26.2 Å². The summed E-state index contributed by atoms with van der Waals surface area (Å²) in [7, 11) is 0. The Bertz CT molecular complexity index is 1010. The molecule has 3 aromatic rings. The summed E-state index contributed by atoms with van der Waals surface area (Å²) in [5.74, 6) is -0.886. The number of rotatable bonds is 8. The topological polar surface area (TPSA) is 61.8 Å². The van der Waals surface area contributed by atoms with Crippen molar-refractivity contribution >= 4 is 16.7 Å². The summed E-state index contributed by atoms with van der Waals surface area (Å²) in [5, 5.41) is 15.3. The van der Waals surface area contributed by atoms with Crippen molar-refractivity contribution < 1.29 is 14.6 Å². The van der Waals surface area contributed by atoms with E-state index in [1.54, 1.807) is 12.1 Å². The van der Waals surface area contributed by atoms with Crippen LogP contribution in [-0.2, 0) is 11.3 Å². The Balaban J connectivity index is 1.27. The summed E-state index contributed by atoms with van der Waals surface area (Å²) in [6.07, 6.45) is 1.17. The van der Waals surface area contributed by atoms with Crippen molar-refractivity contribution in [1.82, 2.24) is 10.2 Å². The van der Waals surface area contributed by atoms with Crippen LogP contribution in [0, 0.1) is 0 Å². The van der Waals surface area contributed by atoms with Crippen LogP contribution in [-0.4, -0.2) is 48.3 Å². The summed E-state index contributed by atoms with van der Waals surface area (Å²) >= 11 is 0. The number of morpholine rings is 1. The number of ether oxygens (including phenoxy) is 1. The summed E-state index contributed by atoms with van der Waals surface area (Å²) in [4.78, 5) is 13.4. The van der Waals surface area contributed by atoms with Crippen LogP contribution >= 0.6 is 0 Å². The molecular formula is C26H30N2O3. The molecule has 0 saturated carbocycles. The van der Waals surface area contributed by atoms with Gasteiger partial charge >= 0.3 is 5.97 Å². The molecule has 162 valence electrons. The van der Waals surface area contributed by atoms with E-state index in [9.17, 15) is 4.79 Å². The van der Waals surface area contributed by atoms with Gasteiger partial charge in [-0.15, -0.1) is 0 Å². The molecule has 2 N–H and O–H groups in total. The van der Waals surface area contributed by atoms with Gasteiger partial charge in [-0.25, -0.2) is 4.79 Å². The summed E-state index contributed by atoms with van der Waals surface area (Å²) in [6, 6.07) is 22.4. The molecule has 3 aromatic carbocycles. The standard InChI is InChI=1S/C26H30N2O3/c1-19(24-8-4-6-21-5-2-3-7-25(21)24)27-14-13-23-18-28(15-16-31-23)17-20-9-11-22(12-10-20)26(29)30/h2-12,19,23,27H,13-18H2,1H3,(H,29,30)/t19-,23?/m1/s1. The van der Waals surface area contributed by atoms with E-state index in [0.717, 1.165) is 44.8 Å². The lowest BCUT2D eigenvalue weighted by atomic mass is 9.99. The number of fused-ring (bicyclic) bond motifs is 1. The number of carboxylic acids is 1. The second kappa shape index (κ2) is 10.1. The SMILES string of the molecule is C[C@@H](NCCC1CN(Cc2ccc(C(=O)O)cc2)CCO1)c1cccc2ccccc12. The fraction of sp³-hybridized carbons (Fsp3) is 0.346. The highest BCUT2D eigenvalue weighted by Gasteiger charge is 2.21. The van der Waals surface area contributed by atoms with E-state index in [0.29, 0.717) is 5.56 Å². The molecule has 1 heterocycles. The van der Waals surface area contributed by atoms with E-state index in [2.05, 4.69) is 59.6 Å². The maximum atomic E-state index is 11.0. The quantitative estimate of drug-likeness (QED) is 0.565. The predicted octanol–water partition coefficient (Wildman–Crippen LogP) is 4.48. The molecule has 4 rings (SSSR count). The van der Waals surface area contributed by atoms with Gasteiger partial charge in [0.25, 0.3) is 0 Å². The maximum absolute atomic E-state index is 11.0. The zero-order chi connectivity index (χ0) is 21.6. The second-order valence-corrected chi connectivity index (χ2v) is 8.26. The normalized spacial score (nSPS) is 18.2. The van der Waals surface area contributed by atoms with Crippen molar-refractivity contribution in [3.8, 4) is 0 Å². The molecule has 31 heavy (non-hydrogen) atoms. The predicted molar refractivity (Wildman–Crippen MR) is 123 cm³/mol. The Hall–Kier alpha value is -2.73. The monoisotopic (exact) mass is 418 g/mol. The van der Waals surface area contributed by atoms with Gasteiger partial charge in [0.2, 0.25) is 0 Å². The van der Waals surface area contributed by atoms with E-state index >= 15 is 0 Å². The maximum Gasteiger partial charge on any atom is 0.335 e. The molecule has 0 radical (unpaired) electrons. The Kier molecular flexibility index (Phi) is 6.97. The van der Waals surface area contributed by atoms with Crippen LogP contribution in [0.15, 0.2) is 66.7 Å². The smallest absolute Gasteiger partial charge is 0.335 e. The van der Waals surface area contributed by atoms with Crippen LogP contribution < -0.4 is 5.32 Å². The molecule has 1 unspecified atom stereocenters. The Morgan fingerprint density at radius 2 is 1.90 bits per heavy atom. The lowest BCUT2D eigenvalue weighted by Crippen LogP contribution is -2.43. The Morgan fingerprint density at radius 1 is 1.13 bits per heavy atom. The number of hydrogen-bond acceptors (Lipinski definition) is 4. The van der Waals surface area contributed by atoms with Gasteiger partial charge in [-0.2, -0.15) is 0 Å². The van der Waals surface area contributed by atoms with Gasteiger partial charge in [0.05, 0.1) is 18.3 Å². The van der Waals surface area contributed by atoms with Crippen LogP contribution in [0.2, 0.25) is 0 Å². The van der Waals surface area contributed by atoms with E-state index < -0.39 is 5.97 Å². The molecule has 0 amide bonds. The average molecular weight is 419 g/mol.